The van der Waals surface area contributed by atoms with E-state index in [1.807, 2.05) is 19.1 Å². The summed E-state index contributed by atoms with van der Waals surface area (Å²) in [4.78, 5) is 13.3. The Bertz CT molecular complexity index is 1320. The number of hydrogen-bond donors (Lipinski definition) is 1. The molecule has 1 N–H and O–H groups in total. The minimum Gasteiger partial charge on any atom is -0.493 e. The summed E-state index contributed by atoms with van der Waals surface area (Å²) in [6.45, 7) is 2.78. The van der Waals surface area contributed by atoms with Crippen molar-refractivity contribution in [1.82, 2.24) is 19.4 Å². The first-order chi connectivity index (χ1) is 14.7. The van der Waals surface area contributed by atoms with Gasteiger partial charge in [-0.1, -0.05) is 6.07 Å². The molecule has 0 bridgehead atoms. The molecule has 1 aliphatic rings. The van der Waals surface area contributed by atoms with Gasteiger partial charge in [0.1, 0.15) is 23.6 Å². The summed E-state index contributed by atoms with van der Waals surface area (Å²) in [5.74, 6) is 3.65. The number of hydrogen-bond acceptors (Lipinski definition) is 5. The number of halogens is 1. The van der Waals surface area contributed by atoms with E-state index in [4.69, 9.17) is 11.2 Å². The molecule has 4 heterocycles. The van der Waals surface area contributed by atoms with Gasteiger partial charge in [0, 0.05) is 53.3 Å². The smallest absolute Gasteiger partial charge is 0.209 e. The third-order valence-corrected chi connectivity index (χ3v) is 5.36. The van der Waals surface area contributed by atoms with E-state index in [0.29, 0.717) is 30.2 Å². The number of pyridine rings is 1. The SMILES string of the molecule is C#Cc1ncn2c(NCc3c(F)ccc4c3CCO4)ncc(-c3cccnc3C)c12. The molecule has 5 rings (SSSR count). The average Bonchev–Trinajstić information content (AvgIpc) is 3.41. The molecule has 3 aromatic heterocycles. The number of aryl methyl sites for hydroxylation is 1. The van der Waals surface area contributed by atoms with E-state index < -0.39 is 0 Å². The summed E-state index contributed by atoms with van der Waals surface area (Å²) in [5, 5.41) is 3.24. The lowest BCUT2D eigenvalue weighted by Gasteiger charge is -2.14. The van der Waals surface area contributed by atoms with Crippen LogP contribution in [0.15, 0.2) is 43.0 Å². The zero-order valence-corrected chi connectivity index (χ0v) is 16.3. The number of anilines is 1. The zero-order chi connectivity index (χ0) is 20.7. The van der Waals surface area contributed by atoms with Gasteiger partial charge in [-0.3, -0.25) is 9.38 Å². The van der Waals surface area contributed by atoms with Gasteiger partial charge >= 0.3 is 0 Å². The van der Waals surface area contributed by atoms with Crippen LogP contribution >= 0.6 is 0 Å². The van der Waals surface area contributed by atoms with Crippen molar-refractivity contribution in [3.63, 3.8) is 0 Å². The van der Waals surface area contributed by atoms with Crippen LogP contribution in [0.1, 0.15) is 22.5 Å². The summed E-state index contributed by atoms with van der Waals surface area (Å²) in [6, 6.07) is 6.96. The quantitative estimate of drug-likeness (QED) is 0.530. The van der Waals surface area contributed by atoms with E-state index in [2.05, 4.69) is 26.2 Å². The number of imidazole rings is 1. The molecule has 0 saturated heterocycles. The number of ether oxygens (including phenoxy) is 1. The fourth-order valence-electron chi connectivity index (χ4n) is 3.89. The van der Waals surface area contributed by atoms with Crippen molar-refractivity contribution in [3.8, 4) is 29.2 Å². The Balaban J connectivity index is 1.57. The number of terminal acetylenes is 1. The maximum atomic E-state index is 14.5. The summed E-state index contributed by atoms with van der Waals surface area (Å²) >= 11 is 0. The van der Waals surface area contributed by atoms with Gasteiger partial charge in [-0.05, 0) is 31.0 Å². The molecule has 4 aromatic rings. The van der Waals surface area contributed by atoms with Crippen LogP contribution in [0.4, 0.5) is 10.3 Å². The highest BCUT2D eigenvalue weighted by Crippen LogP contribution is 2.32. The van der Waals surface area contributed by atoms with Gasteiger partial charge in [-0.25, -0.2) is 14.4 Å². The van der Waals surface area contributed by atoms with E-state index >= 15 is 0 Å². The molecule has 148 valence electrons. The Morgan fingerprint density at radius 3 is 2.97 bits per heavy atom. The van der Waals surface area contributed by atoms with E-state index in [9.17, 15) is 4.39 Å². The third-order valence-electron chi connectivity index (χ3n) is 5.36. The van der Waals surface area contributed by atoms with Crippen molar-refractivity contribution >= 4 is 11.5 Å². The lowest BCUT2D eigenvalue weighted by molar-refractivity contribution is 0.356. The summed E-state index contributed by atoms with van der Waals surface area (Å²) in [6.07, 6.45) is 11.5. The topological polar surface area (TPSA) is 64.3 Å². The van der Waals surface area contributed by atoms with E-state index in [-0.39, 0.29) is 12.4 Å². The number of aromatic nitrogens is 4. The summed E-state index contributed by atoms with van der Waals surface area (Å²) < 4.78 is 21.8. The van der Waals surface area contributed by atoms with E-state index in [1.54, 1.807) is 29.2 Å². The van der Waals surface area contributed by atoms with Crippen molar-refractivity contribution in [2.45, 2.75) is 19.9 Å². The van der Waals surface area contributed by atoms with Gasteiger partial charge in [-0.15, -0.1) is 6.42 Å². The molecule has 0 unspecified atom stereocenters. The van der Waals surface area contributed by atoms with Crippen LogP contribution in [-0.2, 0) is 13.0 Å². The van der Waals surface area contributed by atoms with Gasteiger partial charge in [0.2, 0.25) is 5.95 Å². The van der Waals surface area contributed by atoms with Crippen LogP contribution in [0, 0.1) is 25.1 Å². The zero-order valence-electron chi connectivity index (χ0n) is 16.3. The molecule has 1 aliphatic heterocycles. The number of benzene rings is 1. The van der Waals surface area contributed by atoms with Gasteiger partial charge in [-0.2, -0.15) is 0 Å². The molecule has 0 amide bonds. The lowest BCUT2D eigenvalue weighted by Crippen LogP contribution is -2.10. The third kappa shape index (κ3) is 2.85. The molecule has 0 saturated carbocycles. The molecular formula is C23H18FN5O. The Kier molecular flexibility index (Phi) is 4.32. The highest BCUT2D eigenvalue weighted by atomic mass is 19.1. The highest BCUT2D eigenvalue weighted by molar-refractivity contribution is 5.85. The van der Waals surface area contributed by atoms with Crippen LogP contribution in [0.25, 0.3) is 16.6 Å². The van der Waals surface area contributed by atoms with Crippen molar-refractivity contribution in [3.05, 3.63) is 71.3 Å². The molecule has 0 atom stereocenters. The largest absolute Gasteiger partial charge is 0.493 e. The van der Waals surface area contributed by atoms with Crippen LogP contribution in [0.2, 0.25) is 0 Å². The van der Waals surface area contributed by atoms with Gasteiger partial charge in [0.25, 0.3) is 0 Å². The normalized spacial score (nSPS) is 12.4. The predicted molar refractivity (Wildman–Crippen MR) is 112 cm³/mol. The second-order valence-electron chi connectivity index (χ2n) is 7.04. The monoisotopic (exact) mass is 399 g/mol. The summed E-state index contributed by atoms with van der Waals surface area (Å²) in [5.41, 5.74) is 5.40. The average molecular weight is 399 g/mol. The number of rotatable bonds is 4. The van der Waals surface area contributed by atoms with Crippen LogP contribution < -0.4 is 10.1 Å². The molecule has 0 fully saturated rings. The summed E-state index contributed by atoms with van der Waals surface area (Å²) in [7, 11) is 0. The Hall–Kier alpha value is -3.92. The minimum absolute atomic E-state index is 0.263. The molecule has 6 nitrogen and oxygen atoms in total. The predicted octanol–water partition coefficient (Wildman–Crippen LogP) is 3.77. The second-order valence-corrected chi connectivity index (χ2v) is 7.04. The molecule has 30 heavy (non-hydrogen) atoms. The van der Waals surface area contributed by atoms with Gasteiger partial charge < -0.3 is 10.1 Å². The Labute approximate surface area is 172 Å². The first-order valence-electron chi connectivity index (χ1n) is 9.59. The molecule has 7 heteroatoms. The van der Waals surface area contributed by atoms with Crippen molar-refractivity contribution in [2.75, 3.05) is 11.9 Å². The Morgan fingerprint density at radius 2 is 2.13 bits per heavy atom. The molecule has 0 aliphatic carbocycles. The number of nitrogens with one attached hydrogen (secondary N) is 1. The van der Waals surface area contributed by atoms with Crippen LogP contribution in [0.3, 0.4) is 0 Å². The molecular weight excluding hydrogens is 381 g/mol. The van der Waals surface area contributed by atoms with Gasteiger partial charge in [0.15, 0.2) is 0 Å². The van der Waals surface area contributed by atoms with Crippen LogP contribution in [-0.4, -0.2) is 26.0 Å². The number of nitrogens with zero attached hydrogens (tertiary/aromatic N) is 4. The van der Waals surface area contributed by atoms with Crippen molar-refractivity contribution in [2.24, 2.45) is 0 Å². The standard InChI is InChI=1S/C23H18FN5O/c1-3-20-22-18(15-5-4-9-25-14(15)2)12-27-23(29(22)13-28-20)26-11-17-16-8-10-30-21(16)7-6-19(17)24/h1,4-7,9,12-13H,8,10-11H2,2H3,(H,26,27). The first kappa shape index (κ1) is 18.1. The van der Waals surface area contributed by atoms with Crippen molar-refractivity contribution in [1.29, 1.82) is 0 Å². The molecule has 1 aromatic carbocycles. The second kappa shape index (κ2) is 7.16. The minimum atomic E-state index is -0.263. The molecule has 0 spiro atoms. The maximum Gasteiger partial charge on any atom is 0.209 e. The van der Waals surface area contributed by atoms with E-state index in [0.717, 1.165) is 33.7 Å². The lowest BCUT2D eigenvalue weighted by atomic mass is 10.0. The van der Waals surface area contributed by atoms with E-state index in [1.165, 1.54) is 6.07 Å². The number of fused-ring (bicyclic) bond motifs is 2. The first-order valence-corrected chi connectivity index (χ1v) is 9.59. The van der Waals surface area contributed by atoms with Gasteiger partial charge in [0.05, 0.1) is 12.1 Å². The maximum absolute atomic E-state index is 14.5. The fraction of sp³-hybridized carbons (Fsp3) is 0.174. The Morgan fingerprint density at radius 1 is 1.23 bits per heavy atom. The van der Waals surface area contributed by atoms with Crippen molar-refractivity contribution < 1.29 is 9.13 Å². The fourth-order valence-corrected chi connectivity index (χ4v) is 3.89. The highest BCUT2D eigenvalue weighted by Gasteiger charge is 2.20. The van der Waals surface area contributed by atoms with Crippen LogP contribution in [0.5, 0.6) is 5.75 Å². The molecule has 0 radical (unpaired) electrons.